The first-order chi connectivity index (χ1) is 12.3. The second-order valence-corrected chi connectivity index (χ2v) is 5.90. The van der Waals surface area contributed by atoms with E-state index in [0.717, 1.165) is 11.3 Å². The summed E-state index contributed by atoms with van der Waals surface area (Å²) in [7, 11) is -6.00. The summed E-state index contributed by atoms with van der Waals surface area (Å²) in [4.78, 5) is 8.64. The molecule has 2 heterocycles. The van der Waals surface area contributed by atoms with Gasteiger partial charge in [-0.25, -0.2) is 0 Å². The summed E-state index contributed by atoms with van der Waals surface area (Å²) < 4.78 is 39.0. The first-order valence-electron chi connectivity index (χ1n) is 8.09. The quantitative estimate of drug-likeness (QED) is 0.408. The van der Waals surface area contributed by atoms with Gasteiger partial charge in [0.25, 0.3) is 0 Å². The summed E-state index contributed by atoms with van der Waals surface area (Å²) >= 11 is 0. The van der Waals surface area contributed by atoms with Crippen LogP contribution in [0.5, 0.6) is 0 Å². The second-order valence-electron chi connectivity index (χ2n) is 5.90. The molecule has 0 saturated carbocycles. The molecule has 0 fully saturated rings. The van der Waals surface area contributed by atoms with Crippen LogP contribution in [0.1, 0.15) is 25.3 Å². The van der Waals surface area contributed by atoms with Gasteiger partial charge in [0.15, 0.2) is 0 Å². The van der Waals surface area contributed by atoms with Crippen molar-refractivity contribution in [2.45, 2.75) is 19.8 Å². The molecule has 0 amide bonds. The van der Waals surface area contributed by atoms with Crippen molar-refractivity contribution in [2.24, 2.45) is 0 Å². The first-order valence-corrected chi connectivity index (χ1v) is 8.09. The fraction of sp³-hybridized carbons (Fsp3) is 0.158. The predicted molar refractivity (Wildman–Crippen MR) is 97.2 cm³/mol. The molecule has 136 valence electrons. The van der Waals surface area contributed by atoms with Crippen molar-refractivity contribution in [1.29, 1.82) is 0 Å². The number of halogens is 4. The van der Waals surface area contributed by atoms with Gasteiger partial charge in [-0.3, -0.25) is 9.97 Å². The van der Waals surface area contributed by atoms with Gasteiger partial charge in [-0.15, -0.1) is 0 Å². The Morgan fingerprint density at radius 2 is 1.38 bits per heavy atom. The van der Waals surface area contributed by atoms with Gasteiger partial charge in [0.05, 0.1) is 5.69 Å². The zero-order valence-corrected chi connectivity index (χ0v) is 14.4. The minimum Gasteiger partial charge on any atom is -0.418 e. The maximum absolute atomic E-state index is 9.75. The van der Waals surface area contributed by atoms with Crippen LogP contribution in [0.2, 0.25) is 0 Å². The monoisotopic (exact) mass is 361 g/mol. The third kappa shape index (κ3) is 5.99. The van der Waals surface area contributed by atoms with E-state index in [-0.39, 0.29) is 0 Å². The van der Waals surface area contributed by atoms with Gasteiger partial charge < -0.3 is 17.3 Å². The molecular formula is C19H18BF4N2-. The molecule has 0 radical (unpaired) electrons. The number of aromatic nitrogens is 2. The van der Waals surface area contributed by atoms with Crippen LogP contribution in [-0.4, -0.2) is 17.2 Å². The van der Waals surface area contributed by atoms with Crippen LogP contribution in [0.3, 0.4) is 0 Å². The minimum absolute atomic E-state index is 0.479. The van der Waals surface area contributed by atoms with Gasteiger partial charge in [-0.2, -0.15) is 0 Å². The molecule has 2 aromatic heterocycles. The highest BCUT2D eigenvalue weighted by Crippen LogP contribution is 2.30. The number of nitrogens with zero attached hydrogens (tertiary/aromatic N) is 2. The normalized spacial score (nSPS) is 11.0. The predicted octanol–water partition coefficient (Wildman–Crippen LogP) is 6.23. The van der Waals surface area contributed by atoms with Gasteiger partial charge in [-0.05, 0) is 46.9 Å². The fourth-order valence-electron chi connectivity index (χ4n) is 2.54. The molecule has 0 unspecified atom stereocenters. The summed E-state index contributed by atoms with van der Waals surface area (Å²) in [6, 6.07) is 16.7. The lowest BCUT2D eigenvalue weighted by molar-refractivity contribution is 0.368. The van der Waals surface area contributed by atoms with Crippen molar-refractivity contribution in [3.63, 3.8) is 0 Å². The van der Waals surface area contributed by atoms with Crippen molar-refractivity contribution < 1.29 is 17.3 Å². The molecule has 0 atom stereocenters. The van der Waals surface area contributed by atoms with Crippen LogP contribution in [0.25, 0.3) is 22.4 Å². The van der Waals surface area contributed by atoms with Gasteiger partial charge >= 0.3 is 7.25 Å². The average Bonchev–Trinajstić information content (AvgIpc) is 2.61. The van der Waals surface area contributed by atoms with Crippen LogP contribution in [0.15, 0.2) is 67.1 Å². The van der Waals surface area contributed by atoms with Crippen molar-refractivity contribution in [3.8, 4) is 22.4 Å². The Kier molecular flexibility index (Phi) is 6.49. The number of hydrogen-bond acceptors (Lipinski definition) is 2. The maximum atomic E-state index is 9.75. The third-order valence-electron chi connectivity index (χ3n) is 3.63. The topological polar surface area (TPSA) is 25.8 Å². The highest BCUT2D eigenvalue weighted by Gasteiger charge is 2.20. The molecule has 0 N–H and O–H groups in total. The van der Waals surface area contributed by atoms with E-state index >= 15 is 0 Å². The molecule has 3 rings (SSSR count). The Morgan fingerprint density at radius 1 is 0.808 bits per heavy atom. The summed E-state index contributed by atoms with van der Waals surface area (Å²) in [6.07, 6.45) is 5.51. The molecule has 26 heavy (non-hydrogen) atoms. The van der Waals surface area contributed by atoms with E-state index < -0.39 is 7.25 Å². The maximum Gasteiger partial charge on any atom is 0.673 e. The molecule has 3 aromatic rings. The largest absolute Gasteiger partial charge is 0.673 e. The van der Waals surface area contributed by atoms with Gasteiger partial charge in [0.2, 0.25) is 0 Å². The number of hydrogen-bond donors (Lipinski definition) is 0. The van der Waals surface area contributed by atoms with E-state index in [1.807, 2.05) is 36.8 Å². The average molecular weight is 361 g/mol. The van der Waals surface area contributed by atoms with E-state index in [2.05, 4.69) is 54.1 Å². The third-order valence-corrected chi connectivity index (χ3v) is 3.63. The molecule has 0 bridgehead atoms. The lowest BCUT2D eigenvalue weighted by Crippen LogP contribution is -2.02. The summed E-state index contributed by atoms with van der Waals surface area (Å²) in [5, 5.41) is 0. The van der Waals surface area contributed by atoms with Crippen LogP contribution < -0.4 is 0 Å². The second kappa shape index (κ2) is 8.60. The molecule has 1 aromatic carbocycles. The molecule has 0 spiro atoms. The summed E-state index contributed by atoms with van der Waals surface area (Å²) in [6.45, 7) is 4.43. The Labute approximate surface area is 150 Å². The first kappa shape index (κ1) is 19.6. The molecule has 0 saturated heterocycles. The Morgan fingerprint density at radius 3 is 2.00 bits per heavy atom. The van der Waals surface area contributed by atoms with Gasteiger partial charge in [0, 0.05) is 24.2 Å². The molecule has 2 nitrogen and oxygen atoms in total. The van der Waals surface area contributed by atoms with Crippen molar-refractivity contribution in [1.82, 2.24) is 9.97 Å². The fourth-order valence-corrected chi connectivity index (χ4v) is 2.54. The molecule has 0 aliphatic rings. The SMILES string of the molecule is CC(C)c1ccccc1-c1cc(-c2ccncc2)ccn1.F[B-](F)(F)F. The lowest BCUT2D eigenvalue weighted by Gasteiger charge is -2.13. The van der Waals surface area contributed by atoms with Crippen LogP contribution >= 0.6 is 0 Å². The zero-order chi connectivity index (χ0) is 19.2. The molecule has 0 aliphatic carbocycles. The van der Waals surface area contributed by atoms with Gasteiger partial charge in [0.1, 0.15) is 0 Å². The summed E-state index contributed by atoms with van der Waals surface area (Å²) in [5.41, 5.74) is 5.89. The van der Waals surface area contributed by atoms with E-state index in [9.17, 15) is 17.3 Å². The highest BCUT2D eigenvalue weighted by atomic mass is 19.5. The molecule has 7 heteroatoms. The van der Waals surface area contributed by atoms with Crippen molar-refractivity contribution in [3.05, 3.63) is 72.7 Å². The number of benzene rings is 1. The lowest BCUT2D eigenvalue weighted by atomic mass is 9.94. The number of pyridine rings is 2. The van der Waals surface area contributed by atoms with Crippen LogP contribution in [0.4, 0.5) is 17.3 Å². The Hall–Kier alpha value is -2.70. The molecule has 0 aliphatic heterocycles. The zero-order valence-electron chi connectivity index (χ0n) is 14.4. The van der Waals surface area contributed by atoms with Crippen LogP contribution in [0, 0.1) is 0 Å². The Bertz CT molecular complexity index is 830. The van der Waals surface area contributed by atoms with E-state index in [1.165, 1.54) is 16.7 Å². The van der Waals surface area contributed by atoms with E-state index in [4.69, 9.17) is 0 Å². The van der Waals surface area contributed by atoms with E-state index in [1.54, 1.807) is 0 Å². The number of rotatable bonds is 3. The van der Waals surface area contributed by atoms with Crippen molar-refractivity contribution in [2.75, 3.05) is 0 Å². The smallest absolute Gasteiger partial charge is 0.418 e. The van der Waals surface area contributed by atoms with Gasteiger partial charge in [-0.1, -0.05) is 38.1 Å². The standard InChI is InChI=1S/C19H18N2.BF4/c1-14(2)17-5-3-4-6-18(17)19-13-16(9-12-21-19)15-7-10-20-11-8-15;2-1(3,4)5/h3-14H,1-2H3;/q;-1. The molecular weight excluding hydrogens is 343 g/mol. The van der Waals surface area contributed by atoms with Crippen molar-refractivity contribution >= 4 is 7.25 Å². The highest BCUT2D eigenvalue weighted by molar-refractivity contribution is 6.50. The van der Waals surface area contributed by atoms with Crippen LogP contribution in [-0.2, 0) is 0 Å². The Balaban J connectivity index is 0.000000431. The summed E-state index contributed by atoms with van der Waals surface area (Å²) in [5.74, 6) is 0.479. The van der Waals surface area contributed by atoms with E-state index in [0.29, 0.717) is 5.92 Å². The minimum atomic E-state index is -6.00.